The van der Waals surface area contributed by atoms with E-state index in [1.54, 1.807) is 14.0 Å². The van der Waals surface area contributed by atoms with E-state index in [2.05, 4.69) is 0 Å². The Morgan fingerprint density at radius 3 is 2.40 bits per heavy atom. The van der Waals surface area contributed by atoms with E-state index in [0.717, 1.165) is 53.8 Å². The van der Waals surface area contributed by atoms with Crippen LogP contribution in [0, 0.1) is 0 Å². The highest BCUT2D eigenvalue weighted by molar-refractivity contribution is 7.93. The van der Waals surface area contributed by atoms with Crippen LogP contribution in [0.3, 0.4) is 0 Å². The van der Waals surface area contributed by atoms with E-state index in [1.807, 2.05) is 43.3 Å². The SMILES string of the molecule is C/C(C=O)=C\CC/C(C)=C/COc1ccc(CCN(C)C(=O)/C=C/S(C)(=O)=O)cc1. The molecule has 164 valence electrons. The van der Waals surface area contributed by atoms with E-state index in [-0.39, 0.29) is 5.91 Å². The lowest BCUT2D eigenvalue weighted by Gasteiger charge is -2.15. The van der Waals surface area contributed by atoms with Gasteiger partial charge in [-0.3, -0.25) is 9.59 Å². The predicted octanol–water partition coefficient (Wildman–Crippen LogP) is 3.50. The van der Waals surface area contributed by atoms with Crippen LogP contribution in [0.5, 0.6) is 5.75 Å². The summed E-state index contributed by atoms with van der Waals surface area (Å²) in [5.74, 6) is 0.416. The Morgan fingerprint density at radius 2 is 1.80 bits per heavy atom. The Kier molecular flexibility index (Phi) is 10.8. The van der Waals surface area contributed by atoms with Crippen LogP contribution in [0.25, 0.3) is 0 Å². The van der Waals surface area contributed by atoms with Gasteiger partial charge in [-0.25, -0.2) is 8.42 Å². The molecule has 0 unspecified atom stereocenters. The lowest BCUT2D eigenvalue weighted by atomic mass is 10.1. The second-order valence-electron chi connectivity index (χ2n) is 7.25. The Bertz CT molecular complexity index is 896. The Labute approximate surface area is 179 Å². The summed E-state index contributed by atoms with van der Waals surface area (Å²) in [5, 5.41) is 0.914. The number of likely N-dealkylation sites (N-methyl/N-ethyl adjacent to an activating group) is 1. The summed E-state index contributed by atoms with van der Waals surface area (Å²) in [6.07, 6.45) is 9.31. The maximum absolute atomic E-state index is 11.9. The van der Waals surface area contributed by atoms with E-state index in [9.17, 15) is 18.0 Å². The van der Waals surface area contributed by atoms with Crippen LogP contribution in [0.2, 0.25) is 0 Å². The molecule has 6 nitrogen and oxygen atoms in total. The summed E-state index contributed by atoms with van der Waals surface area (Å²) in [7, 11) is -1.67. The molecule has 1 aromatic rings. The number of carbonyl (C=O) groups excluding carboxylic acids is 2. The molecule has 0 aliphatic rings. The molecule has 0 spiro atoms. The number of sulfone groups is 1. The zero-order chi connectivity index (χ0) is 22.6. The van der Waals surface area contributed by atoms with Gasteiger partial charge < -0.3 is 9.64 Å². The van der Waals surface area contributed by atoms with Crippen LogP contribution in [0.15, 0.2) is 59.0 Å². The molecule has 30 heavy (non-hydrogen) atoms. The van der Waals surface area contributed by atoms with Crippen molar-refractivity contribution in [2.45, 2.75) is 33.1 Å². The second-order valence-corrected chi connectivity index (χ2v) is 9.18. The molecule has 0 aromatic heterocycles. The monoisotopic (exact) mass is 433 g/mol. The van der Waals surface area contributed by atoms with E-state index >= 15 is 0 Å². The van der Waals surface area contributed by atoms with Gasteiger partial charge >= 0.3 is 0 Å². The van der Waals surface area contributed by atoms with E-state index < -0.39 is 9.84 Å². The number of rotatable bonds is 12. The molecule has 1 aromatic carbocycles. The lowest BCUT2D eigenvalue weighted by molar-refractivity contribution is -0.124. The van der Waals surface area contributed by atoms with Gasteiger partial charge in [-0.1, -0.05) is 23.8 Å². The Morgan fingerprint density at radius 1 is 1.13 bits per heavy atom. The van der Waals surface area contributed by atoms with E-state index in [1.165, 1.54) is 10.5 Å². The largest absolute Gasteiger partial charge is 0.490 e. The van der Waals surface area contributed by atoms with Crippen LogP contribution in [-0.2, 0) is 25.8 Å². The van der Waals surface area contributed by atoms with E-state index in [4.69, 9.17) is 4.74 Å². The smallest absolute Gasteiger partial charge is 0.247 e. The Balaban J connectivity index is 2.43. The fourth-order valence-electron chi connectivity index (χ4n) is 2.43. The van der Waals surface area contributed by atoms with Crippen molar-refractivity contribution in [2.24, 2.45) is 0 Å². The average molecular weight is 434 g/mol. The van der Waals surface area contributed by atoms with Crippen molar-refractivity contribution < 1.29 is 22.7 Å². The van der Waals surface area contributed by atoms with Crippen molar-refractivity contribution >= 4 is 22.0 Å². The molecule has 1 amide bonds. The number of carbonyl (C=O) groups is 2. The quantitative estimate of drug-likeness (QED) is 0.286. The lowest BCUT2D eigenvalue weighted by Crippen LogP contribution is -2.27. The molecule has 0 aliphatic carbocycles. The minimum atomic E-state index is -3.31. The normalized spacial score (nSPS) is 12.8. The molecule has 1 rings (SSSR count). The van der Waals surface area contributed by atoms with Gasteiger partial charge in [0.05, 0.1) is 0 Å². The van der Waals surface area contributed by atoms with Crippen molar-refractivity contribution in [3.05, 3.63) is 64.6 Å². The van der Waals surface area contributed by atoms with Gasteiger partial charge in [-0.05, 0) is 62.5 Å². The van der Waals surface area contributed by atoms with Gasteiger partial charge in [0, 0.05) is 31.3 Å². The molecular formula is C23H31NO5S. The predicted molar refractivity (Wildman–Crippen MR) is 120 cm³/mol. The van der Waals surface area contributed by atoms with Crippen LogP contribution < -0.4 is 4.74 Å². The minimum Gasteiger partial charge on any atom is -0.490 e. The number of nitrogens with zero attached hydrogens (tertiary/aromatic N) is 1. The first-order chi connectivity index (χ1) is 14.1. The molecule has 7 heteroatoms. The van der Waals surface area contributed by atoms with Crippen molar-refractivity contribution in [2.75, 3.05) is 26.5 Å². The number of hydrogen-bond acceptors (Lipinski definition) is 5. The van der Waals surface area contributed by atoms with Crippen LogP contribution in [0.4, 0.5) is 0 Å². The number of benzene rings is 1. The highest BCUT2D eigenvalue weighted by Gasteiger charge is 2.06. The number of aldehydes is 1. The first-order valence-electron chi connectivity index (χ1n) is 9.73. The van der Waals surface area contributed by atoms with Crippen LogP contribution >= 0.6 is 0 Å². The third kappa shape index (κ3) is 11.4. The van der Waals surface area contributed by atoms with Crippen molar-refractivity contribution in [1.82, 2.24) is 4.90 Å². The zero-order valence-electron chi connectivity index (χ0n) is 18.1. The van der Waals surface area contributed by atoms with Crippen LogP contribution in [0.1, 0.15) is 32.3 Å². The van der Waals surface area contributed by atoms with Crippen molar-refractivity contribution in [3.8, 4) is 5.75 Å². The standard InChI is InChI=1S/C23H31NO5S/c1-19(6-5-7-20(2)18-25)13-16-29-22-10-8-21(9-11-22)12-15-24(3)23(26)14-17-30(4,27)28/h7-11,13-14,17-18H,5-6,12,15-16H2,1-4H3/b17-14+,19-13+,20-7+. The van der Waals surface area contributed by atoms with Gasteiger partial charge in [0.15, 0.2) is 9.84 Å². The summed E-state index contributed by atoms with van der Waals surface area (Å²) in [6.45, 7) is 4.79. The first kappa shape index (κ1) is 25.4. The van der Waals surface area contributed by atoms with Crippen LogP contribution in [-0.4, -0.2) is 52.0 Å². The van der Waals surface area contributed by atoms with Gasteiger partial charge in [0.25, 0.3) is 0 Å². The maximum atomic E-state index is 11.9. The average Bonchev–Trinajstić information content (AvgIpc) is 2.70. The second kappa shape index (κ2) is 12.8. The summed E-state index contributed by atoms with van der Waals surface area (Å²) >= 11 is 0. The number of amides is 1. The molecule has 0 radical (unpaired) electrons. The highest BCUT2D eigenvalue weighted by Crippen LogP contribution is 2.14. The summed E-state index contributed by atoms with van der Waals surface area (Å²) in [5.41, 5.74) is 3.01. The molecule has 0 aliphatic heterocycles. The molecule has 0 heterocycles. The van der Waals surface area contributed by atoms with Crippen molar-refractivity contribution in [3.63, 3.8) is 0 Å². The fraction of sp³-hybridized carbons (Fsp3) is 0.391. The Hall–Kier alpha value is -2.67. The maximum Gasteiger partial charge on any atom is 0.247 e. The topological polar surface area (TPSA) is 80.8 Å². The molecular weight excluding hydrogens is 402 g/mol. The molecule has 0 saturated heterocycles. The molecule has 0 fully saturated rings. The number of allylic oxidation sites excluding steroid dienone is 3. The number of hydrogen-bond donors (Lipinski definition) is 0. The molecule has 0 bridgehead atoms. The van der Waals surface area contributed by atoms with Gasteiger partial charge in [-0.15, -0.1) is 0 Å². The highest BCUT2D eigenvalue weighted by atomic mass is 32.2. The third-order valence-electron chi connectivity index (χ3n) is 4.37. The fourth-order valence-corrected chi connectivity index (χ4v) is 2.79. The first-order valence-corrected chi connectivity index (χ1v) is 11.7. The molecule has 0 saturated carbocycles. The summed E-state index contributed by atoms with van der Waals surface area (Å²) in [6, 6.07) is 7.67. The summed E-state index contributed by atoms with van der Waals surface area (Å²) < 4.78 is 27.9. The third-order valence-corrected chi connectivity index (χ3v) is 5.00. The van der Waals surface area contributed by atoms with E-state index in [0.29, 0.717) is 19.6 Å². The number of ether oxygens (including phenoxy) is 1. The van der Waals surface area contributed by atoms with Gasteiger partial charge in [0.1, 0.15) is 18.6 Å². The van der Waals surface area contributed by atoms with Crippen molar-refractivity contribution in [1.29, 1.82) is 0 Å². The summed E-state index contributed by atoms with van der Waals surface area (Å²) in [4.78, 5) is 23.9. The molecule has 0 N–H and O–H groups in total. The minimum absolute atomic E-state index is 0.348. The van der Waals surface area contributed by atoms with Gasteiger partial charge in [-0.2, -0.15) is 0 Å². The van der Waals surface area contributed by atoms with Gasteiger partial charge in [0.2, 0.25) is 5.91 Å². The molecule has 0 atom stereocenters. The zero-order valence-corrected chi connectivity index (χ0v) is 18.9.